The number of carboxylic acid groups (broad SMARTS) is 1. The maximum atomic E-state index is 13.2. The molecule has 13 heteroatoms. The molecule has 1 unspecified atom stereocenters. The van der Waals surface area contributed by atoms with Crippen LogP contribution in [0.3, 0.4) is 0 Å². The number of phenolic OH excluding ortho intramolecular Hbond substituents is 1. The SMILES string of the molecule is Cc1c(NC(=O)c2ccc(NC(=O)c3ccc(NC(=O)C(CC#N)CC(=O)c4ccc(CC(=O)C5CCCCC5)cc4)cc3)c(C)c2O)ccc(C(=O)O)c1O. The number of amides is 3. The standard InChI is InChI=1S/C43H42N4O9/c1-24-34(18-16-32(38(24)50)42(54)47-35-19-17-33(43(55)56)39(51)25(35)2)46-40(52)29-12-14-31(15-13-29)45-41(53)30(20-21-44)23-37(49)28-10-8-26(9-11-28)22-36(48)27-6-4-3-5-7-27/h8-19,27,30,50-51H,3-7,20,22-23H2,1-2H3,(H,45,53)(H,46,52)(H,47,54)(H,55,56). The van der Waals surface area contributed by atoms with Gasteiger partial charge in [-0.15, -0.1) is 0 Å². The van der Waals surface area contributed by atoms with Crippen molar-refractivity contribution < 1.29 is 44.1 Å². The summed E-state index contributed by atoms with van der Waals surface area (Å²) >= 11 is 0. The number of carbonyl (C=O) groups excluding carboxylic acids is 5. The molecule has 288 valence electrons. The van der Waals surface area contributed by atoms with Gasteiger partial charge in [0.15, 0.2) is 5.78 Å². The minimum absolute atomic E-state index is 0.0977. The monoisotopic (exact) mass is 758 g/mol. The van der Waals surface area contributed by atoms with Gasteiger partial charge in [-0.3, -0.25) is 24.0 Å². The summed E-state index contributed by atoms with van der Waals surface area (Å²) in [6.07, 6.45) is 5.10. The average molecular weight is 759 g/mol. The highest BCUT2D eigenvalue weighted by molar-refractivity contribution is 6.09. The molecule has 0 bridgehead atoms. The van der Waals surface area contributed by atoms with E-state index in [1.807, 2.05) is 6.07 Å². The minimum atomic E-state index is -1.33. The molecule has 0 heterocycles. The highest BCUT2D eigenvalue weighted by Gasteiger charge is 2.25. The lowest BCUT2D eigenvalue weighted by Crippen LogP contribution is -2.25. The van der Waals surface area contributed by atoms with E-state index in [0.29, 0.717) is 17.7 Å². The number of aromatic hydroxyl groups is 2. The van der Waals surface area contributed by atoms with Gasteiger partial charge in [-0.25, -0.2) is 4.79 Å². The molecule has 0 aromatic heterocycles. The maximum absolute atomic E-state index is 13.2. The van der Waals surface area contributed by atoms with E-state index in [1.165, 1.54) is 62.7 Å². The van der Waals surface area contributed by atoms with Crippen molar-refractivity contribution in [2.45, 2.75) is 65.2 Å². The molecule has 5 rings (SSSR count). The summed E-state index contributed by atoms with van der Waals surface area (Å²) in [6.45, 7) is 2.93. The van der Waals surface area contributed by atoms with Crippen molar-refractivity contribution in [2.24, 2.45) is 11.8 Å². The Bertz CT molecular complexity index is 2220. The Labute approximate surface area is 323 Å². The number of anilines is 3. The fourth-order valence-electron chi connectivity index (χ4n) is 6.65. The Balaban J connectivity index is 1.16. The van der Waals surface area contributed by atoms with E-state index in [9.17, 15) is 49.3 Å². The molecule has 6 N–H and O–H groups in total. The van der Waals surface area contributed by atoms with Crippen molar-refractivity contribution in [3.05, 3.63) is 112 Å². The number of Topliss-reactive ketones (excluding diaryl/α,β-unsaturated/α-hetero) is 2. The fraction of sp³-hybridized carbons (Fsp3) is 0.279. The third kappa shape index (κ3) is 9.64. The van der Waals surface area contributed by atoms with E-state index in [0.717, 1.165) is 37.3 Å². The zero-order valence-electron chi connectivity index (χ0n) is 31.0. The Morgan fingerprint density at radius 3 is 1.86 bits per heavy atom. The van der Waals surface area contributed by atoms with Gasteiger partial charge < -0.3 is 31.3 Å². The van der Waals surface area contributed by atoms with Crippen molar-refractivity contribution in [2.75, 3.05) is 16.0 Å². The summed E-state index contributed by atoms with van der Waals surface area (Å²) in [7, 11) is 0. The van der Waals surface area contributed by atoms with Crippen molar-refractivity contribution in [1.29, 1.82) is 5.26 Å². The molecule has 0 saturated heterocycles. The molecule has 1 saturated carbocycles. The van der Waals surface area contributed by atoms with Crippen molar-refractivity contribution in [3.8, 4) is 17.6 Å². The summed E-state index contributed by atoms with van der Waals surface area (Å²) in [4.78, 5) is 76.3. The van der Waals surface area contributed by atoms with Gasteiger partial charge in [0.25, 0.3) is 11.8 Å². The van der Waals surface area contributed by atoms with Crippen LogP contribution in [0.4, 0.5) is 17.1 Å². The topological polar surface area (TPSA) is 223 Å². The average Bonchev–Trinajstić information content (AvgIpc) is 3.19. The van der Waals surface area contributed by atoms with Crippen LogP contribution in [-0.4, -0.2) is 50.6 Å². The van der Waals surface area contributed by atoms with E-state index in [2.05, 4.69) is 16.0 Å². The highest BCUT2D eigenvalue weighted by Crippen LogP contribution is 2.33. The molecule has 1 aliphatic carbocycles. The summed E-state index contributed by atoms with van der Waals surface area (Å²) in [5.74, 6) is -4.99. The number of carboxylic acids is 1. The van der Waals surface area contributed by atoms with E-state index in [-0.39, 0.29) is 69.5 Å². The van der Waals surface area contributed by atoms with Gasteiger partial charge in [-0.1, -0.05) is 43.5 Å². The van der Waals surface area contributed by atoms with Crippen LogP contribution in [0, 0.1) is 37.0 Å². The van der Waals surface area contributed by atoms with E-state index in [1.54, 1.807) is 24.3 Å². The molecule has 56 heavy (non-hydrogen) atoms. The lowest BCUT2D eigenvalue weighted by Gasteiger charge is -2.20. The second-order valence-electron chi connectivity index (χ2n) is 13.9. The van der Waals surface area contributed by atoms with Crippen LogP contribution in [0.15, 0.2) is 72.8 Å². The number of nitriles is 1. The zero-order chi connectivity index (χ0) is 40.5. The molecule has 0 aliphatic heterocycles. The van der Waals surface area contributed by atoms with Crippen molar-refractivity contribution >= 4 is 52.3 Å². The normalized spacial score (nSPS) is 13.2. The van der Waals surface area contributed by atoms with Crippen LogP contribution in [-0.2, 0) is 16.0 Å². The zero-order valence-corrected chi connectivity index (χ0v) is 31.0. The van der Waals surface area contributed by atoms with E-state index < -0.39 is 41.1 Å². The van der Waals surface area contributed by atoms with Crippen LogP contribution in [0.1, 0.15) is 103 Å². The number of hydrogen-bond acceptors (Lipinski definition) is 9. The van der Waals surface area contributed by atoms with E-state index >= 15 is 0 Å². The number of nitrogens with zero attached hydrogens (tertiary/aromatic N) is 1. The van der Waals surface area contributed by atoms with Crippen LogP contribution >= 0.6 is 0 Å². The lowest BCUT2D eigenvalue weighted by molar-refractivity contribution is -0.123. The predicted octanol–water partition coefficient (Wildman–Crippen LogP) is 7.35. The number of aromatic carboxylic acids is 1. The molecule has 1 aliphatic rings. The molecule has 0 radical (unpaired) electrons. The molecule has 1 atom stereocenters. The molecular formula is C43H42N4O9. The van der Waals surface area contributed by atoms with Gasteiger partial charge in [0.2, 0.25) is 5.91 Å². The first kappa shape index (κ1) is 40.4. The fourth-order valence-corrected chi connectivity index (χ4v) is 6.65. The van der Waals surface area contributed by atoms with Gasteiger partial charge >= 0.3 is 5.97 Å². The smallest absolute Gasteiger partial charge is 0.339 e. The van der Waals surface area contributed by atoms with Crippen LogP contribution in [0.5, 0.6) is 11.5 Å². The Hall–Kier alpha value is -6.81. The predicted molar refractivity (Wildman–Crippen MR) is 208 cm³/mol. The highest BCUT2D eigenvalue weighted by atomic mass is 16.4. The van der Waals surface area contributed by atoms with Gasteiger partial charge in [-0.2, -0.15) is 5.26 Å². The number of ketones is 2. The van der Waals surface area contributed by atoms with E-state index in [4.69, 9.17) is 0 Å². The molecule has 3 amide bonds. The van der Waals surface area contributed by atoms with Crippen LogP contribution in [0.25, 0.3) is 0 Å². The maximum Gasteiger partial charge on any atom is 0.339 e. The second-order valence-corrected chi connectivity index (χ2v) is 13.9. The van der Waals surface area contributed by atoms with Crippen LogP contribution < -0.4 is 16.0 Å². The first-order valence-electron chi connectivity index (χ1n) is 18.2. The van der Waals surface area contributed by atoms with Gasteiger partial charge in [0.1, 0.15) is 22.8 Å². The quantitative estimate of drug-likeness (QED) is 0.0701. The Morgan fingerprint density at radius 2 is 1.27 bits per heavy atom. The largest absolute Gasteiger partial charge is 0.507 e. The number of benzene rings is 4. The Kier molecular flexibility index (Phi) is 13.0. The first-order chi connectivity index (χ1) is 26.8. The number of rotatable bonds is 14. The summed E-state index contributed by atoms with van der Waals surface area (Å²) in [5, 5.41) is 47.5. The number of phenols is 2. The molecule has 4 aromatic carbocycles. The summed E-state index contributed by atoms with van der Waals surface area (Å²) in [6, 6.07) is 19.9. The van der Waals surface area contributed by atoms with Gasteiger partial charge in [0, 0.05) is 64.5 Å². The number of nitrogens with one attached hydrogen (secondary N) is 3. The van der Waals surface area contributed by atoms with Crippen molar-refractivity contribution in [1.82, 2.24) is 0 Å². The summed E-state index contributed by atoms with van der Waals surface area (Å²) in [5.41, 5.74) is 1.96. The lowest BCUT2D eigenvalue weighted by atomic mass is 9.84. The van der Waals surface area contributed by atoms with Gasteiger partial charge in [-0.05, 0) is 80.8 Å². The van der Waals surface area contributed by atoms with Crippen molar-refractivity contribution in [3.63, 3.8) is 0 Å². The second kappa shape index (κ2) is 18.0. The molecule has 0 spiro atoms. The third-order valence-electron chi connectivity index (χ3n) is 10.1. The molecule has 13 nitrogen and oxygen atoms in total. The molecule has 4 aromatic rings. The molecule has 1 fully saturated rings. The number of carbonyl (C=O) groups is 6. The Morgan fingerprint density at radius 1 is 0.714 bits per heavy atom. The molecular weight excluding hydrogens is 716 g/mol. The number of hydrogen-bond donors (Lipinski definition) is 6. The van der Waals surface area contributed by atoms with Gasteiger partial charge in [0.05, 0.1) is 17.6 Å². The summed E-state index contributed by atoms with van der Waals surface area (Å²) < 4.78 is 0. The minimum Gasteiger partial charge on any atom is -0.507 e. The first-order valence-corrected chi connectivity index (χ1v) is 18.2. The van der Waals surface area contributed by atoms with Crippen LogP contribution in [0.2, 0.25) is 0 Å². The third-order valence-corrected chi connectivity index (χ3v) is 10.1.